The Bertz CT molecular complexity index is 1520. The minimum absolute atomic E-state index is 0. The number of hydrogen-bond acceptors (Lipinski definition) is 4. The Morgan fingerprint density at radius 3 is 2.37 bits per heavy atom. The van der Waals surface area contributed by atoms with Gasteiger partial charge in [-0.05, 0) is 80.1 Å². The number of ether oxygens (including phenoxy) is 1. The van der Waals surface area contributed by atoms with Gasteiger partial charge in [-0.2, -0.15) is 13.2 Å². The number of fused-ring (bicyclic) bond motifs is 1. The van der Waals surface area contributed by atoms with Crippen LogP contribution in [0.5, 0.6) is 5.75 Å². The molecule has 8 heteroatoms. The first-order valence-electron chi connectivity index (χ1n) is 13.7. The summed E-state index contributed by atoms with van der Waals surface area (Å²) in [5, 5.41) is 0.910. The van der Waals surface area contributed by atoms with E-state index in [2.05, 4.69) is 9.98 Å². The summed E-state index contributed by atoms with van der Waals surface area (Å²) in [7, 11) is 2.93. The van der Waals surface area contributed by atoms with E-state index in [4.69, 9.17) is 4.74 Å². The number of aryl methyl sites for hydroxylation is 2. The van der Waals surface area contributed by atoms with Gasteiger partial charge in [0.15, 0.2) is 0 Å². The summed E-state index contributed by atoms with van der Waals surface area (Å²) in [6.45, 7) is 9.54. The molecular weight excluding hydrogens is 532 g/mol. The Morgan fingerprint density at radius 1 is 1.15 bits per heavy atom. The molecule has 1 aromatic heterocycles. The molecule has 0 N–H and O–H groups in total. The number of carbonyl (C=O) groups excluding carboxylic acids is 1. The first-order chi connectivity index (χ1) is 19.2. The number of aliphatic imine (C=N–C) groups is 1. The van der Waals surface area contributed by atoms with Gasteiger partial charge in [-0.3, -0.25) is 14.8 Å². The van der Waals surface area contributed by atoms with Crippen LogP contribution >= 0.6 is 0 Å². The smallest absolute Gasteiger partial charge is 0.399 e. The van der Waals surface area contributed by atoms with E-state index in [0.29, 0.717) is 17.6 Å². The van der Waals surface area contributed by atoms with Crippen molar-refractivity contribution < 1.29 is 29.9 Å². The van der Waals surface area contributed by atoms with Crippen LogP contribution in [0, 0.1) is 24.1 Å². The Morgan fingerprint density at radius 2 is 1.83 bits per heavy atom. The van der Waals surface area contributed by atoms with Crippen LogP contribution in [0.4, 0.5) is 17.6 Å². The average molecular weight is 575 g/mol. The molecule has 0 bridgehead atoms. The van der Waals surface area contributed by atoms with E-state index < -0.39 is 23.3 Å². The summed E-state index contributed by atoms with van der Waals surface area (Å²) in [4.78, 5) is 21.6. The Labute approximate surface area is 242 Å². The number of alkyl halides is 3. The Kier molecular flexibility index (Phi) is 9.77. The SMILES string of the molecule is CC/C(=C\C(=NC)C(C)(C)C(F)(F)F)C(C)C(=O)Cc1ccc(-c2cnc3cc(CC)c(OC)cc3c2C)cc1F.[HH].[HH]. The number of ketones is 1. The van der Waals surface area contributed by atoms with E-state index in [-0.39, 0.29) is 26.3 Å². The normalized spacial score (nSPS) is 14.0. The van der Waals surface area contributed by atoms with Gasteiger partial charge in [-0.15, -0.1) is 0 Å². The van der Waals surface area contributed by atoms with Crippen molar-refractivity contribution in [1.29, 1.82) is 0 Å². The lowest BCUT2D eigenvalue weighted by molar-refractivity contribution is -0.185. The molecular formula is C33H42F4N2O2. The number of benzene rings is 2. The van der Waals surface area contributed by atoms with Gasteiger partial charge < -0.3 is 4.74 Å². The topological polar surface area (TPSA) is 51.5 Å². The number of hydrogen-bond donors (Lipinski definition) is 0. The summed E-state index contributed by atoms with van der Waals surface area (Å²) < 4.78 is 61.7. The second kappa shape index (κ2) is 12.5. The highest BCUT2D eigenvalue weighted by Gasteiger charge is 2.50. The standard InChI is InChI=1S/C33H38F4N2O2.2H2/c1-9-21(16-31(38-7)32(5,6)33(35,36)37)19(3)29(40)15-24-12-11-23(13-27(24)34)26-18-39-28-14-22(10-2)30(41-8)17-25(28)20(26)4;;/h11-14,16-19H,9-10,15H2,1-8H3;2*1H/b21-16+,38-31?;;. The van der Waals surface area contributed by atoms with Crippen LogP contribution in [0.1, 0.15) is 60.6 Å². The highest BCUT2D eigenvalue weighted by Crippen LogP contribution is 2.40. The Balaban J connectivity index is 0.00000462. The largest absolute Gasteiger partial charge is 0.496 e. The van der Waals surface area contributed by atoms with E-state index in [1.807, 2.05) is 26.0 Å². The van der Waals surface area contributed by atoms with Crippen molar-refractivity contribution in [1.82, 2.24) is 4.98 Å². The molecule has 1 atom stereocenters. The maximum absolute atomic E-state index is 15.3. The molecule has 224 valence electrons. The molecule has 4 nitrogen and oxygen atoms in total. The summed E-state index contributed by atoms with van der Waals surface area (Å²) in [5.41, 5.74) is 2.62. The van der Waals surface area contributed by atoms with Crippen LogP contribution in [0.25, 0.3) is 22.0 Å². The summed E-state index contributed by atoms with van der Waals surface area (Å²) in [5.74, 6) is -0.740. The van der Waals surface area contributed by atoms with E-state index in [1.165, 1.54) is 19.2 Å². The average Bonchev–Trinajstić information content (AvgIpc) is 2.93. The quantitative estimate of drug-likeness (QED) is 0.179. The Hall–Kier alpha value is -3.55. The molecule has 3 aromatic rings. The number of halogens is 4. The van der Waals surface area contributed by atoms with Crippen molar-refractivity contribution in [3.05, 3.63) is 70.7 Å². The summed E-state index contributed by atoms with van der Waals surface area (Å²) in [6.07, 6.45) is -0.432. The number of allylic oxidation sites excluding steroid dienone is 2. The van der Waals surface area contributed by atoms with Gasteiger partial charge >= 0.3 is 6.18 Å². The van der Waals surface area contributed by atoms with Gasteiger partial charge in [-0.25, -0.2) is 4.39 Å². The number of methoxy groups -OCH3 is 1. The van der Waals surface area contributed by atoms with Crippen LogP contribution in [-0.4, -0.2) is 36.8 Å². The zero-order valence-electron chi connectivity index (χ0n) is 25.0. The first kappa shape index (κ1) is 32.0. The number of nitrogens with zero attached hydrogens (tertiary/aromatic N) is 2. The van der Waals surface area contributed by atoms with Crippen LogP contribution < -0.4 is 4.74 Å². The molecule has 2 aromatic carbocycles. The minimum atomic E-state index is -4.50. The van der Waals surface area contributed by atoms with Gasteiger partial charge in [-0.1, -0.05) is 38.5 Å². The molecule has 3 rings (SSSR count). The zero-order valence-corrected chi connectivity index (χ0v) is 25.0. The number of carbonyl (C=O) groups is 1. The fraction of sp³-hybridized carbons (Fsp3) is 0.424. The van der Waals surface area contributed by atoms with E-state index in [0.717, 1.165) is 53.6 Å². The lowest BCUT2D eigenvalue weighted by Gasteiger charge is -2.28. The van der Waals surface area contributed by atoms with Crippen LogP contribution in [0.3, 0.4) is 0 Å². The minimum Gasteiger partial charge on any atom is -0.496 e. The number of Topliss-reactive ketones (excluding diaryl/α,β-unsaturated/α-hetero) is 1. The molecule has 0 aliphatic heterocycles. The number of rotatable bonds is 10. The fourth-order valence-electron chi connectivity index (χ4n) is 4.94. The molecule has 0 radical (unpaired) electrons. The predicted octanol–water partition coefficient (Wildman–Crippen LogP) is 9.16. The monoisotopic (exact) mass is 574 g/mol. The van der Waals surface area contributed by atoms with Crippen molar-refractivity contribution in [2.75, 3.05) is 14.2 Å². The van der Waals surface area contributed by atoms with Gasteiger partial charge in [0.2, 0.25) is 0 Å². The van der Waals surface area contributed by atoms with Crippen molar-refractivity contribution >= 4 is 22.4 Å². The molecule has 1 unspecified atom stereocenters. The van der Waals surface area contributed by atoms with Gasteiger partial charge in [0.1, 0.15) is 22.8 Å². The summed E-state index contributed by atoms with van der Waals surface area (Å²) in [6, 6.07) is 8.69. The molecule has 0 spiro atoms. The number of pyridine rings is 1. The van der Waals surface area contributed by atoms with Crippen LogP contribution in [0.15, 0.2) is 53.2 Å². The third-order valence-corrected chi connectivity index (χ3v) is 8.01. The van der Waals surface area contributed by atoms with Gasteiger partial charge in [0, 0.05) is 45.1 Å². The van der Waals surface area contributed by atoms with Crippen molar-refractivity contribution in [3.63, 3.8) is 0 Å². The van der Waals surface area contributed by atoms with Crippen LogP contribution in [0.2, 0.25) is 0 Å². The molecule has 0 amide bonds. The van der Waals surface area contributed by atoms with E-state index in [9.17, 15) is 18.0 Å². The molecule has 0 saturated heterocycles. The molecule has 41 heavy (non-hydrogen) atoms. The zero-order chi connectivity index (χ0) is 30.7. The van der Waals surface area contributed by atoms with Crippen molar-refractivity contribution in [3.8, 4) is 16.9 Å². The van der Waals surface area contributed by atoms with Crippen LogP contribution in [-0.2, 0) is 17.6 Å². The predicted molar refractivity (Wildman–Crippen MR) is 161 cm³/mol. The van der Waals surface area contributed by atoms with Crippen molar-refractivity contribution in [2.45, 2.75) is 67.0 Å². The molecule has 0 fully saturated rings. The highest BCUT2D eigenvalue weighted by atomic mass is 19.4. The van der Waals surface area contributed by atoms with Gasteiger partial charge in [0.25, 0.3) is 0 Å². The second-order valence-corrected chi connectivity index (χ2v) is 10.8. The fourth-order valence-corrected chi connectivity index (χ4v) is 4.94. The second-order valence-electron chi connectivity index (χ2n) is 10.8. The summed E-state index contributed by atoms with van der Waals surface area (Å²) >= 11 is 0. The van der Waals surface area contributed by atoms with Gasteiger partial charge in [0.05, 0.1) is 12.6 Å². The van der Waals surface area contributed by atoms with E-state index >= 15 is 4.39 Å². The first-order valence-corrected chi connectivity index (χ1v) is 13.7. The molecule has 0 aliphatic rings. The highest BCUT2D eigenvalue weighted by molar-refractivity contribution is 6.01. The molecule has 1 heterocycles. The molecule has 0 saturated carbocycles. The van der Waals surface area contributed by atoms with Crippen molar-refractivity contribution in [2.24, 2.45) is 16.3 Å². The maximum atomic E-state index is 15.3. The third kappa shape index (κ3) is 6.52. The lowest BCUT2D eigenvalue weighted by Crippen LogP contribution is -2.39. The van der Waals surface area contributed by atoms with E-state index in [1.54, 1.807) is 39.3 Å². The maximum Gasteiger partial charge on any atom is 0.399 e. The molecule has 0 aliphatic carbocycles. The number of aromatic nitrogens is 1. The lowest BCUT2D eigenvalue weighted by atomic mass is 9.82. The third-order valence-electron chi connectivity index (χ3n) is 8.01.